The summed E-state index contributed by atoms with van der Waals surface area (Å²) in [4.78, 5) is 3.05. The normalized spacial score (nSPS) is 11.6. The molecule has 0 aliphatic carbocycles. The molecule has 1 aromatic rings. The zero-order chi connectivity index (χ0) is 15.3. The summed E-state index contributed by atoms with van der Waals surface area (Å²) in [6.07, 6.45) is 8.27. The lowest BCUT2D eigenvalue weighted by Gasteiger charge is -2.17. The molecule has 112 valence electrons. The van der Waals surface area contributed by atoms with E-state index in [-0.39, 0.29) is 0 Å². The number of hydrogen-bond acceptors (Lipinski definition) is 3. The van der Waals surface area contributed by atoms with Crippen molar-refractivity contribution in [3.05, 3.63) is 59.2 Å². The number of benzene rings is 1. The van der Waals surface area contributed by atoms with Gasteiger partial charge >= 0.3 is 0 Å². The van der Waals surface area contributed by atoms with Crippen LogP contribution in [0.15, 0.2) is 53.6 Å². The molecule has 1 rings (SSSR count). The van der Waals surface area contributed by atoms with Crippen molar-refractivity contribution in [3.63, 3.8) is 0 Å². The second-order valence-electron chi connectivity index (χ2n) is 4.79. The first-order chi connectivity index (χ1) is 10.3. The SMILES string of the molecule is CCCN(C=CC=C(C#N)SCc1ccccc1)CCC. The van der Waals surface area contributed by atoms with Crippen molar-refractivity contribution in [2.45, 2.75) is 32.4 Å². The summed E-state index contributed by atoms with van der Waals surface area (Å²) >= 11 is 1.58. The van der Waals surface area contributed by atoms with Gasteiger partial charge in [0.2, 0.25) is 0 Å². The minimum Gasteiger partial charge on any atom is -0.377 e. The molecule has 0 bridgehead atoms. The zero-order valence-electron chi connectivity index (χ0n) is 13.0. The molecule has 0 aromatic heterocycles. The number of nitriles is 1. The Hall–Kier alpha value is -1.66. The highest BCUT2D eigenvalue weighted by atomic mass is 32.2. The first-order valence-corrected chi connectivity index (χ1v) is 8.48. The Kier molecular flexibility index (Phi) is 9.15. The Morgan fingerprint density at radius 1 is 1.19 bits per heavy atom. The molecule has 0 atom stereocenters. The van der Waals surface area contributed by atoms with Crippen molar-refractivity contribution >= 4 is 11.8 Å². The zero-order valence-corrected chi connectivity index (χ0v) is 13.8. The van der Waals surface area contributed by atoms with Gasteiger partial charge in [-0.25, -0.2) is 0 Å². The Morgan fingerprint density at radius 2 is 1.86 bits per heavy atom. The summed E-state index contributed by atoms with van der Waals surface area (Å²) in [5.74, 6) is 0.835. The third-order valence-corrected chi connectivity index (χ3v) is 3.93. The molecule has 3 heteroatoms. The fourth-order valence-electron chi connectivity index (χ4n) is 1.94. The van der Waals surface area contributed by atoms with Crippen LogP contribution in [0.1, 0.15) is 32.3 Å². The summed E-state index contributed by atoms with van der Waals surface area (Å²) in [5.41, 5.74) is 1.24. The van der Waals surface area contributed by atoms with Gasteiger partial charge in [-0.2, -0.15) is 5.26 Å². The molecule has 0 saturated carbocycles. The molecule has 1 aromatic carbocycles. The predicted octanol–water partition coefficient (Wildman–Crippen LogP) is 4.96. The summed E-state index contributed by atoms with van der Waals surface area (Å²) in [6.45, 7) is 6.50. The van der Waals surface area contributed by atoms with Crippen LogP contribution < -0.4 is 0 Å². The van der Waals surface area contributed by atoms with Gasteiger partial charge in [0, 0.05) is 18.8 Å². The molecule has 0 aliphatic rings. The van der Waals surface area contributed by atoms with Crippen LogP contribution in [0.3, 0.4) is 0 Å². The second kappa shape index (κ2) is 11.0. The van der Waals surface area contributed by atoms with Gasteiger partial charge in [-0.3, -0.25) is 0 Å². The lowest BCUT2D eigenvalue weighted by atomic mass is 10.2. The lowest BCUT2D eigenvalue weighted by Crippen LogP contribution is -2.18. The maximum atomic E-state index is 9.19. The van der Waals surface area contributed by atoms with E-state index in [0.717, 1.165) is 36.6 Å². The van der Waals surface area contributed by atoms with Crippen LogP contribution >= 0.6 is 11.8 Å². The first kappa shape index (κ1) is 17.4. The van der Waals surface area contributed by atoms with Crippen LogP contribution in [0.5, 0.6) is 0 Å². The van der Waals surface area contributed by atoms with Crippen molar-refractivity contribution in [2.24, 2.45) is 0 Å². The van der Waals surface area contributed by atoms with Gasteiger partial charge in [-0.05, 0) is 36.8 Å². The van der Waals surface area contributed by atoms with Crippen LogP contribution in [0.4, 0.5) is 0 Å². The summed E-state index contributed by atoms with van der Waals surface area (Å²) < 4.78 is 0. The molecule has 0 spiro atoms. The van der Waals surface area contributed by atoms with Crippen molar-refractivity contribution in [1.29, 1.82) is 5.26 Å². The fraction of sp³-hybridized carbons (Fsp3) is 0.389. The van der Waals surface area contributed by atoms with Gasteiger partial charge in [0.1, 0.15) is 6.07 Å². The van der Waals surface area contributed by atoms with E-state index in [9.17, 15) is 5.26 Å². The molecule has 2 nitrogen and oxygen atoms in total. The molecule has 0 unspecified atom stereocenters. The number of allylic oxidation sites excluding steroid dienone is 3. The van der Waals surface area contributed by atoms with Crippen LogP contribution in [-0.4, -0.2) is 18.0 Å². The lowest BCUT2D eigenvalue weighted by molar-refractivity contribution is 0.376. The largest absolute Gasteiger partial charge is 0.377 e. The highest BCUT2D eigenvalue weighted by Gasteiger charge is 1.98. The second-order valence-corrected chi connectivity index (χ2v) is 5.81. The van der Waals surface area contributed by atoms with Crippen LogP contribution in [0, 0.1) is 11.3 Å². The van der Waals surface area contributed by atoms with Gasteiger partial charge in [0.05, 0.1) is 4.91 Å². The van der Waals surface area contributed by atoms with E-state index < -0.39 is 0 Å². The average molecular weight is 300 g/mol. The molecular weight excluding hydrogens is 276 g/mol. The summed E-state index contributed by atoms with van der Waals surface area (Å²) in [7, 11) is 0. The van der Waals surface area contributed by atoms with E-state index >= 15 is 0 Å². The Balaban J connectivity index is 2.52. The smallest absolute Gasteiger partial charge is 0.106 e. The van der Waals surface area contributed by atoms with Gasteiger partial charge < -0.3 is 4.90 Å². The quantitative estimate of drug-likeness (QED) is 0.476. The van der Waals surface area contributed by atoms with Crippen molar-refractivity contribution in [1.82, 2.24) is 4.90 Å². The highest BCUT2D eigenvalue weighted by Crippen LogP contribution is 2.20. The van der Waals surface area contributed by atoms with E-state index in [4.69, 9.17) is 0 Å². The summed E-state index contributed by atoms with van der Waals surface area (Å²) in [6, 6.07) is 12.5. The third-order valence-electron chi connectivity index (χ3n) is 2.91. The first-order valence-electron chi connectivity index (χ1n) is 7.49. The molecule has 0 aliphatic heterocycles. The van der Waals surface area contributed by atoms with Crippen molar-refractivity contribution in [3.8, 4) is 6.07 Å². The van der Waals surface area contributed by atoms with Crippen LogP contribution in [0.2, 0.25) is 0 Å². The van der Waals surface area contributed by atoms with E-state index in [1.165, 1.54) is 5.56 Å². The fourth-order valence-corrected chi connectivity index (χ4v) is 2.69. The maximum absolute atomic E-state index is 9.19. The molecule has 0 fully saturated rings. The van der Waals surface area contributed by atoms with Gasteiger partial charge in [0.15, 0.2) is 0 Å². The monoisotopic (exact) mass is 300 g/mol. The number of thioether (sulfide) groups is 1. The Bertz CT molecular complexity index is 480. The van der Waals surface area contributed by atoms with Gasteiger partial charge in [0.25, 0.3) is 0 Å². The van der Waals surface area contributed by atoms with Gasteiger partial charge in [-0.1, -0.05) is 44.2 Å². The van der Waals surface area contributed by atoms with Gasteiger partial charge in [-0.15, -0.1) is 11.8 Å². The van der Waals surface area contributed by atoms with E-state index in [1.54, 1.807) is 11.8 Å². The standard InChI is InChI=1S/C18H24N2S/c1-3-12-20(13-4-2)14-8-11-18(15-19)21-16-17-9-6-5-7-10-17/h5-11,14H,3-4,12-13,16H2,1-2H3. The van der Waals surface area contributed by atoms with E-state index in [2.05, 4.69) is 43.1 Å². The molecule has 0 heterocycles. The van der Waals surface area contributed by atoms with E-state index in [1.807, 2.05) is 30.4 Å². The van der Waals surface area contributed by atoms with E-state index in [0.29, 0.717) is 0 Å². The highest BCUT2D eigenvalue weighted by molar-refractivity contribution is 8.02. The average Bonchev–Trinajstić information content (AvgIpc) is 2.52. The van der Waals surface area contributed by atoms with Crippen LogP contribution in [-0.2, 0) is 5.75 Å². The topological polar surface area (TPSA) is 27.0 Å². The summed E-state index contributed by atoms with van der Waals surface area (Å²) in [5, 5.41) is 9.19. The minimum absolute atomic E-state index is 0.753. The molecule has 0 amide bonds. The molecule has 0 saturated heterocycles. The molecule has 21 heavy (non-hydrogen) atoms. The number of hydrogen-bond donors (Lipinski definition) is 0. The number of rotatable bonds is 9. The third kappa shape index (κ3) is 7.63. The predicted molar refractivity (Wildman–Crippen MR) is 92.7 cm³/mol. The molecule has 0 N–H and O–H groups in total. The minimum atomic E-state index is 0.753. The molecular formula is C18H24N2S. The Morgan fingerprint density at radius 3 is 2.43 bits per heavy atom. The van der Waals surface area contributed by atoms with Crippen molar-refractivity contribution < 1.29 is 0 Å². The number of nitrogens with zero attached hydrogens (tertiary/aromatic N) is 2. The van der Waals surface area contributed by atoms with Crippen molar-refractivity contribution in [2.75, 3.05) is 13.1 Å². The maximum Gasteiger partial charge on any atom is 0.106 e. The Labute approximate surface area is 133 Å². The van der Waals surface area contributed by atoms with Crippen LogP contribution in [0.25, 0.3) is 0 Å². The molecule has 0 radical (unpaired) electrons.